The second-order valence-electron chi connectivity index (χ2n) is 3.97. The van der Waals surface area contributed by atoms with Crippen LogP contribution in [0.1, 0.15) is 25.3 Å². The fraction of sp³-hybridized carbons (Fsp3) is 0.462. The molecule has 3 nitrogen and oxygen atoms in total. The largest absolute Gasteiger partial charge is 0.463 e. The van der Waals surface area contributed by atoms with Crippen LogP contribution in [0.5, 0.6) is 0 Å². The van der Waals surface area contributed by atoms with Gasteiger partial charge in [-0.15, -0.1) is 0 Å². The number of carbonyl (C=O) groups is 1. The Morgan fingerprint density at radius 3 is 2.69 bits per heavy atom. The molecule has 1 aliphatic heterocycles. The molecule has 0 bridgehead atoms. The van der Waals surface area contributed by atoms with Crippen LogP contribution in [0.3, 0.4) is 0 Å². The zero-order chi connectivity index (χ0) is 11.4. The van der Waals surface area contributed by atoms with Gasteiger partial charge in [-0.1, -0.05) is 43.7 Å². The van der Waals surface area contributed by atoms with E-state index in [1.54, 1.807) is 0 Å². The first kappa shape index (κ1) is 11.1. The summed E-state index contributed by atoms with van der Waals surface area (Å²) in [6, 6.07) is 9.51. The highest BCUT2D eigenvalue weighted by Gasteiger charge is 2.55. The number of carbonyl (C=O) groups excluding carboxylic acids is 1. The lowest BCUT2D eigenvalue weighted by Crippen LogP contribution is -2.25. The van der Waals surface area contributed by atoms with Gasteiger partial charge in [0.25, 0.3) is 0 Å². The monoisotopic (exact) mass is 220 g/mol. The lowest BCUT2D eigenvalue weighted by molar-refractivity contribution is -0.150. The van der Waals surface area contributed by atoms with E-state index in [0.29, 0.717) is 13.2 Å². The molecule has 1 fully saturated rings. The molecule has 1 aromatic carbocycles. The maximum absolute atomic E-state index is 11.9. The third-order valence-corrected chi connectivity index (χ3v) is 2.73. The second kappa shape index (κ2) is 4.66. The molecule has 0 aromatic heterocycles. The molecule has 1 aromatic rings. The predicted molar refractivity (Wildman–Crippen MR) is 59.9 cm³/mol. The molecule has 0 aliphatic carbocycles. The van der Waals surface area contributed by atoms with Crippen molar-refractivity contribution in [1.29, 1.82) is 0 Å². The SMILES string of the molecule is CCCCOC(=O)C1(c2ccccc2)CO1. The highest BCUT2D eigenvalue weighted by Crippen LogP contribution is 2.39. The van der Waals surface area contributed by atoms with Gasteiger partial charge < -0.3 is 9.47 Å². The minimum Gasteiger partial charge on any atom is -0.463 e. The average Bonchev–Trinajstić information content (AvgIpc) is 3.12. The van der Waals surface area contributed by atoms with E-state index in [0.717, 1.165) is 18.4 Å². The van der Waals surface area contributed by atoms with Crippen LogP contribution in [0.15, 0.2) is 30.3 Å². The van der Waals surface area contributed by atoms with Crippen molar-refractivity contribution in [2.45, 2.75) is 25.4 Å². The Bertz CT molecular complexity index is 355. The van der Waals surface area contributed by atoms with Gasteiger partial charge in [-0.25, -0.2) is 4.79 Å². The highest BCUT2D eigenvalue weighted by atomic mass is 16.6. The average molecular weight is 220 g/mol. The van der Waals surface area contributed by atoms with Gasteiger partial charge in [0.15, 0.2) is 0 Å². The third kappa shape index (κ3) is 2.09. The second-order valence-corrected chi connectivity index (χ2v) is 3.97. The summed E-state index contributed by atoms with van der Waals surface area (Å²) in [6.07, 6.45) is 1.92. The zero-order valence-electron chi connectivity index (χ0n) is 9.44. The smallest absolute Gasteiger partial charge is 0.345 e. The maximum atomic E-state index is 11.9. The fourth-order valence-corrected chi connectivity index (χ4v) is 1.61. The van der Waals surface area contributed by atoms with Crippen LogP contribution >= 0.6 is 0 Å². The third-order valence-electron chi connectivity index (χ3n) is 2.73. The van der Waals surface area contributed by atoms with Crippen molar-refractivity contribution in [2.75, 3.05) is 13.2 Å². The summed E-state index contributed by atoms with van der Waals surface area (Å²) in [7, 11) is 0. The van der Waals surface area contributed by atoms with Crippen molar-refractivity contribution in [3.63, 3.8) is 0 Å². The van der Waals surface area contributed by atoms with Gasteiger partial charge in [-0.05, 0) is 12.0 Å². The van der Waals surface area contributed by atoms with Crippen LogP contribution in [0.25, 0.3) is 0 Å². The number of rotatable bonds is 5. The van der Waals surface area contributed by atoms with Gasteiger partial charge in [-0.3, -0.25) is 0 Å². The first-order chi connectivity index (χ1) is 7.79. The van der Waals surface area contributed by atoms with Crippen LogP contribution in [0.4, 0.5) is 0 Å². The summed E-state index contributed by atoms with van der Waals surface area (Å²) in [6.45, 7) is 2.98. The van der Waals surface area contributed by atoms with E-state index in [4.69, 9.17) is 9.47 Å². The molecule has 1 saturated heterocycles. The molecular weight excluding hydrogens is 204 g/mol. The molecule has 16 heavy (non-hydrogen) atoms. The van der Waals surface area contributed by atoms with E-state index in [-0.39, 0.29) is 5.97 Å². The quantitative estimate of drug-likeness (QED) is 0.434. The molecule has 86 valence electrons. The molecule has 1 unspecified atom stereocenters. The van der Waals surface area contributed by atoms with Crippen molar-refractivity contribution in [3.8, 4) is 0 Å². The number of epoxide rings is 1. The first-order valence-corrected chi connectivity index (χ1v) is 5.66. The van der Waals surface area contributed by atoms with Crippen LogP contribution in [-0.2, 0) is 19.9 Å². The minimum atomic E-state index is -0.811. The minimum absolute atomic E-state index is 0.257. The highest BCUT2D eigenvalue weighted by molar-refractivity contribution is 5.84. The molecule has 0 radical (unpaired) electrons. The van der Waals surface area contributed by atoms with Crippen LogP contribution in [-0.4, -0.2) is 19.2 Å². The van der Waals surface area contributed by atoms with E-state index in [9.17, 15) is 4.79 Å². The van der Waals surface area contributed by atoms with E-state index >= 15 is 0 Å². The maximum Gasteiger partial charge on any atom is 0.345 e. The van der Waals surface area contributed by atoms with Gasteiger partial charge in [-0.2, -0.15) is 0 Å². The molecule has 0 amide bonds. The van der Waals surface area contributed by atoms with Gasteiger partial charge in [0.2, 0.25) is 5.60 Å². The summed E-state index contributed by atoms with van der Waals surface area (Å²) >= 11 is 0. The van der Waals surface area contributed by atoms with Gasteiger partial charge in [0.1, 0.15) is 0 Å². The normalized spacial score (nSPS) is 22.8. The number of hydrogen-bond donors (Lipinski definition) is 0. The molecule has 2 rings (SSSR count). The van der Waals surface area contributed by atoms with Crippen molar-refractivity contribution in [1.82, 2.24) is 0 Å². The molecule has 0 N–H and O–H groups in total. The van der Waals surface area contributed by atoms with E-state index in [1.165, 1.54) is 0 Å². The molecule has 0 saturated carbocycles. The Balaban J connectivity index is 2.00. The summed E-state index contributed by atoms with van der Waals surface area (Å²) in [4.78, 5) is 11.9. The number of unbranched alkanes of at least 4 members (excludes halogenated alkanes) is 1. The van der Waals surface area contributed by atoms with Crippen molar-refractivity contribution < 1.29 is 14.3 Å². The van der Waals surface area contributed by atoms with Gasteiger partial charge >= 0.3 is 5.97 Å². The van der Waals surface area contributed by atoms with E-state index < -0.39 is 5.60 Å². The molecule has 1 aliphatic rings. The Labute approximate surface area is 95.4 Å². The number of benzene rings is 1. The fourth-order valence-electron chi connectivity index (χ4n) is 1.61. The van der Waals surface area contributed by atoms with E-state index in [1.807, 2.05) is 30.3 Å². The number of ether oxygens (including phenoxy) is 2. The molecule has 3 heteroatoms. The number of hydrogen-bond acceptors (Lipinski definition) is 3. The van der Waals surface area contributed by atoms with E-state index in [2.05, 4.69) is 6.92 Å². The summed E-state index contributed by atoms with van der Waals surface area (Å²) < 4.78 is 10.5. The Hall–Kier alpha value is -1.35. The Kier molecular flexibility index (Phi) is 3.25. The van der Waals surface area contributed by atoms with Crippen molar-refractivity contribution in [3.05, 3.63) is 35.9 Å². The Morgan fingerprint density at radius 2 is 2.12 bits per heavy atom. The summed E-state index contributed by atoms with van der Waals surface area (Å²) in [5.41, 5.74) is 0.0751. The molecule has 1 atom stereocenters. The van der Waals surface area contributed by atoms with Crippen molar-refractivity contribution in [2.24, 2.45) is 0 Å². The predicted octanol–water partition coefficient (Wildman–Crippen LogP) is 2.26. The van der Waals surface area contributed by atoms with Gasteiger partial charge in [0, 0.05) is 0 Å². The Morgan fingerprint density at radius 1 is 1.44 bits per heavy atom. The lowest BCUT2D eigenvalue weighted by Gasteiger charge is -2.11. The summed E-state index contributed by atoms with van der Waals surface area (Å²) in [5, 5.41) is 0. The van der Waals surface area contributed by atoms with Crippen LogP contribution in [0.2, 0.25) is 0 Å². The topological polar surface area (TPSA) is 38.8 Å². The lowest BCUT2D eigenvalue weighted by atomic mass is 10.0. The standard InChI is InChI=1S/C13H16O3/c1-2-3-9-15-12(14)13(10-16-13)11-7-5-4-6-8-11/h4-8H,2-3,9-10H2,1H3. The summed E-state index contributed by atoms with van der Waals surface area (Å²) in [5.74, 6) is -0.257. The van der Waals surface area contributed by atoms with Crippen LogP contribution < -0.4 is 0 Å². The van der Waals surface area contributed by atoms with Gasteiger partial charge in [0.05, 0.1) is 13.2 Å². The molecule has 1 heterocycles. The van der Waals surface area contributed by atoms with Crippen molar-refractivity contribution >= 4 is 5.97 Å². The van der Waals surface area contributed by atoms with Crippen LogP contribution in [0, 0.1) is 0 Å². The molecule has 0 spiro atoms. The number of esters is 1. The molecular formula is C13H16O3. The zero-order valence-corrected chi connectivity index (χ0v) is 9.44. The first-order valence-electron chi connectivity index (χ1n) is 5.66.